The highest BCUT2D eigenvalue weighted by molar-refractivity contribution is 7.13. The Morgan fingerprint density at radius 3 is 2.91 bits per heavy atom. The second kappa shape index (κ2) is 6.78. The van der Waals surface area contributed by atoms with Crippen LogP contribution in [-0.2, 0) is 4.74 Å². The molecule has 8 heteroatoms. The molecule has 2 N–H and O–H groups in total. The normalized spacial score (nSPS) is 24.2. The minimum absolute atomic E-state index is 0.143. The highest BCUT2D eigenvalue weighted by Gasteiger charge is 2.39. The van der Waals surface area contributed by atoms with Crippen LogP contribution in [0.4, 0.5) is 9.93 Å². The molecule has 2 saturated heterocycles. The van der Waals surface area contributed by atoms with E-state index in [2.05, 4.69) is 25.7 Å². The van der Waals surface area contributed by atoms with Crippen molar-refractivity contribution >= 4 is 22.5 Å². The standard InChI is InChI=1S/C14H23N5O2S/c1-15-12(20)16-8-11-2-3-14(9-21-11)4-6-19(7-5-14)13-18-17-10-22-13/h10-11H,2-9H2,1H3,(H2,15,16,20). The minimum atomic E-state index is -0.144. The molecule has 7 nitrogen and oxygen atoms in total. The zero-order chi connectivity index (χ0) is 15.4. The highest BCUT2D eigenvalue weighted by Crippen LogP contribution is 2.41. The van der Waals surface area contributed by atoms with E-state index >= 15 is 0 Å². The molecule has 3 heterocycles. The third-order valence-electron chi connectivity index (χ3n) is 4.78. The SMILES string of the molecule is CNC(=O)NCC1CCC2(CCN(c3nncs3)CC2)CO1. The quantitative estimate of drug-likeness (QED) is 0.874. The van der Waals surface area contributed by atoms with E-state index in [1.165, 1.54) is 6.42 Å². The molecule has 2 amide bonds. The lowest BCUT2D eigenvalue weighted by molar-refractivity contribution is -0.0697. The maximum Gasteiger partial charge on any atom is 0.314 e. The number of carbonyl (C=O) groups is 1. The van der Waals surface area contributed by atoms with E-state index in [1.54, 1.807) is 23.9 Å². The second-order valence-electron chi connectivity index (χ2n) is 6.14. The Kier molecular flexibility index (Phi) is 4.77. The van der Waals surface area contributed by atoms with E-state index in [4.69, 9.17) is 4.74 Å². The van der Waals surface area contributed by atoms with Gasteiger partial charge in [-0.25, -0.2) is 4.79 Å². The number of nitrogens with one attached hydrogen (secondary N) is 2. The molecule has 3 rings (SSSR count). The van der Waals surface area contributed by atoms with Crippen molar-refractivity contribution in [2.45, 2.75) is 31.8 Å². The fourth-order valence-corrected chi connectivity index (χ4v) is 3.86. The number of hydrogen-bond acceptors (Lipinski definition) is 6. The van der Waals surface area contributed by atoms with Gasteiger partial charge in [-0.3, -0.25) is 0 Å². The molecule has 22 heavy (non-hydrogen) atoms. The first kappa shape index (κ1) is 15.5. The lowest BCUT2D eigenvalue weighted by Crippen LogP contribution is -2.48. The van der Waals surface area contributed by atoms with Crippen LogP contribution in [0.5, 0.6) is 0 Å². The van der Waals surface area contributed by atoms with Crippen LogP contribution in [0, 0.1) is 5.41 Å². The number of urea groups is 1. The summed E-state index contributed by atoms with van der Waals surface area (Å²) in [4.78, 5) is 13.5. The van der Waals surface area contributed by atoms with Crippen LogP contribution in [0.25, 0.3) is 0 Å². The second-order valence-corrected chi connectivity index (χ2v) is 6.95. The lowest BCUT2D eigenvalue weighted by Gasteiger charge is -2.45. The van der Waals surface area contributed by atoms with Gasteiger partial charge in [-0.05, 0) is 31.1 Å². The number of ether oxygens (including phenoxy) is 1. The van der Waals surface area contributed by atoms with Gasteiger partial charge in [0.25, 0.3) is 0 Å². The van der Waals surface area contributed by atoms with Gasteiger partial charge in [-0.1, -0.05) is 11.3 Å². The van der Waals surface area contributed by atoms with Crippen molar-refractivity contribution in [1.82, 2.24) is 20.8 Å². The number of carbonyl (C=O) groups excluding carboxylic acids is 1. The van der Waals surface area contributed by atoms with Gasteiger partial charge in [0.15, 0.2) is 0 Å². The fraction of sp³-hybridized carbons (Fsp3) is 0.786. The predicted molar refractivity (Wildman–Crippen MR) is 85.2 cm³/mol. The molecule has 1 spiro atoms. The number of aromatic nitrogens is 2. The Bertz CT molecular complexity index is 477. The smallest absolute Gasteiger partial charge is 0.314 e. The number of anilines is 1. The number of amides is 2. The van der Waals surface area contributed by atoms with E-state index in [0.717, 1.165) is 44.1 Å². The molecule has 1 unspecified atom stereocenters. The first-order valence-electron chi connectivity index (χ1n) is 7.79. The summed E-state index contributed by atoms with van der Waals surface area (Å²) in [7, 11) is 1.62. The van der Waals surface area contributed by atoms with Gasteiger partial charge < -0.3 is 20.3 Å². The highest BCUT2D eigenvalue weighted by atomic mass is 32.1. The molecule has 1 aromatic rings. The van der Waals surface area contributed by atoms with Crippen molar-refractivity contribution in [3.63, 3.8) is 0 Å². The van der Waals surface area contributed by atoms with Crippen LogP contribution >= 0.6 is 11.3 Å². The Morgan fingerprint density at radius 1 is 1.50 bits per heavy atom. The van der Waals surface area contributed by atoms with Crippen LogP contribution in [0.1, 0.15) is 25.7 Å². The van der Waals surface area contributed by atoms with Crippen LogP contribution in [0.15, 0.2) is 5.51 Å². The van der Waals surface area contributed by atoms with E-state index in [-0.39, 0.29) is 12.1 Å². The first-order valence-corrected chi connectivity index (χ1v) is 8.67. The number of hydrogen-bond donors (Lipinski definition) is 2. The average molecular weight is 325 g/mol. The summed E-state index contributed by atoms with van der Waals surface area (Å²) in [6.45, 7) is 3.45. The molecule has 0 radical (unpaired) electrons. The largest absolute Gasteiger partial charge is 0.376 e. The maximum absolute atomic E-state index is 11.2. The molecule has 2 aliphatic rings. The van der Waals surface area contributed by atoms with E-state index in [0.29, 0.717) is 12.0 Å². The summed E-state index contributed by atoms with van der Waals surface area (Å²) in [6, 6.07) is -0.144. The number of piperidine rings is 1. The van der Waals surface area contributed by atoms with Crippen molar-refractivity contribution in [1.29, 1.82) is 0 Å². The third kappa shape index (κ3) is 3.49. The summed E-state index contributed by atoms with van der Waals surface area (Å²) < 4.78 is 6.01. The molecular weight excluding hydrogens is 302 g/mol. The van der Waals surface area contributed by atoms with Crippen molar-refractivity contribution in [3.8, 4) is 0 Å². The Balaban J connectivity index is 1.44. The van der Waals surface area contributed by atoms with Crippen LogP contribution in [-0.4, -0.2) is 55.6 Å². The summed E-state index contributed by atoms with van der Waals surface area (Å²) in [5, 5.41) is 14.5. The zero-order valence-corrected chi connectivity index (χ0v) is 13.7. The molecule has 2 fully saturated rings. The minimum Gasteiger partial charge on any atom is -0.376 e. The zero-order valence-electron chi connectivity index (χ0n) is 12.9. The van der Waals surface area contributed by atoms with Gasteiger partial charge in [0.1, 0.15) is 5.51 Å². The van der Waals surface area contributed by atoms with E-state index < -0.39 is 0 Å². The lowest BCUT2D eigenvalue weighted by atomic mass is 9.73. The van der Waals surface area contributed by atoms with E-state index in [1.807, 2.05) is 0 Å². The monoisotopic (exact) mass is 325 g/mol. The molecule has 0 aliphatic carbocycles. The summed E-state index contributed by atoms with van der Waals surface area (Å²) in [6.07, 6.45) is 4.62. The predicted octanol–water partition coefficient (Wildman–Crippen LogP) is 1.23. The summed E-state index contributed by atoms with van der Waals surface area (Å²) >= 11 is 1.60. The van der Waals surface area contributed by atoms with Gasteiger partial charge in [-0.15, -0.1) is 10.2 Å². The molecule has 2 aliphatic heterocycles. The van der Waals surface area contributed by atoms with Crippen LogP contribution in [0.2, 0.25) is 0 Å². The molecule has 1 aromatic heterocycles. The molecule has 122 valence electrons. The average Bonchev–Trinajstić information content (AvgIpc) is 3.09. The molecule has 0 bridgehead atoms. The molecule has 0 aromatic carbocycles. The number of nitrogens with zero attached hydrogens (tertiary/aromatic N) is 3. The topological polar surface area (TPSA) is 79.4 Å². The summed E-state index contributed by atoms with van der Waals surface area (Å²) in [5.41, 5.74) is 2.10. The van der Waals surface area contributed by atoms with Gasteiger partial charge >= 0.3 is 6.03 Å². The Labute approximate surface area is 134 Å². The van der Waals surface area contributed by atoms with Gasteiger partial charge in [-0.2, -0.15) is 0 Å². The van der Waals surface area contributed by atoms with Crippen molar-refractivity contribution in [2.75, 3.05) is 38.2 Å². The Hall–Kier alpha value is -1.41. The maximum atomic E-state index is 11.2. The summed E-state index contributed by atoms with van der Waals surface area (Å²) in [5.74, 6) is 0. The molecule has 0 saturated carbocycles. The fourth-order valence-electron chi connectivity index (χ4n) is 3.24. The molecular formula is C14H23N5O2S. The van der Waals surface area contributed by atoms with Crippen LogP contribution < -0.4 is 15.5 Å². The van der Waals surface area contributed by atoms with Gasteiger partial charge in [0.2, 0.25) is 5.13 Å². The van der Waals surface area contributed by atoms with Crippen LogP contribution in [0.3, 0.4) is 0 Å². The molecule has 1 atom stereocenters. The van der Waals surface area contributed by atoms with Crippen molar-refractivity contribution in [2.24, 2.45) is 5.41 Å². The number of rotatable bonds is 3. The third-order valence-corrected chi connectivity index (χ3v) is 5.53. The van der Waals surface area contributed by atoms with Crippen molar-refractivity contribution in [3.05, 3.63) is 5.51 Å². The van der Waals surface area contributed by atoms with Crippen molar-refractivity contribution < 1.29 is 9.53 Å². The van der Waals surface area contributed by atoms with E-state index in [9.17, 15) is 4.79 Å². The first-order chi connectivity index (χ1) is 10.7. The van der Waals surface area contributed by atoms with Gasteiger partial charge in [0, 0.05) is 26.7 Å². The Morgan fingerprint density at radius 2 is 2.32 bits per heavy atom. The van der Waals surface area contributed by atoms with Gasteiger partial charge in [0.05, 0.1) is 12.7 Å².